The number of aromatic carboxylic acids is 1. The molecular formula is C14H12FNO4S. The molecule has 110 valence electrons. The molecule has 0 fully saturated rings. The number of hydrogen-bond donors (Lipinski definition) is 2. The fourth-order valence-electron chi connectivity index (χ4n) is 1.81. The highest BCUT2D eigenvalue weighted by Gasteiger charge is 2.11. The largest absolute Gasteiger partial charge is 0.478 e. The maximum Gasteiger partial charge on any atom is 0.338 e. The second-order valence-electron chi connectivity index (χ2n) is 4.45. The van der Waals surface area contributed by atoms with Gasteiger partial charge in [-0.25, -0.2) is 17.6 Å². The van der Waals surface area contributed by atoms with Gasteiger partial charge >= 0.3 is 5.97 Å². The lowest BCUT2D eigenvalue weighted by molar-refractivity contribution is 0.0692. The average molecular weight is 309 g/mol. The Hall–Kier alpha value is -2.41. The molecule has 0 amide bonds. The lowest BCUT2D eigenvalue weighted by Gasteiger charge is -2.07. The molecule has 0 saturated heterocycles. The first-order valence-electron chi connectivity index (χ1n) is 5.87. The Morgan fingerprint density at radius 3 is 2.14 bits per heavy atom. The van der Waals surface area contributed by atoms with Crippen molar-refractivity contribution in [2.45, 2.75) is 0 Å². The Morgan fingerprint density at radius 1 is 1.10 bits per heavy atom. The van der Waals surface area contributed by atoms with Crippen LogP contribution in [-0.2, 0) is 10.0 Å². The minimum atomic E-state index is -3.35. The van der Waals surface area contributed by atoms with Gasteiger partial charge in [-0.1, -0.05) is 18.2 Å². The molecule has 0 spiro atoms. The molecule has 21 heavy (non-hydrogen) atoms. The van der Waals surface area contributed by atoms with Crippen molar-refractivity contribution in [3.05, 3.63) is 53.8 Å². The van der Waals surface area contributed by atoms with Gasteiger partial charge in [0.1, 0.15) is 5.82 Å². The highest BCUT2D eigenvalue weighted by molar-refractivity contribution is 7.92. The van der Waals surface area contributed by atoms with Gasteiger partial charge in [-0.2, -0.15) is 0 Å². The van der Waals surface area contributed by atoms with Crippen LogP contribution in [0.4, 0.5) is 10.1 Å². The van der Waals surface area contributed by atoms with Crippen molar-refractivity contribution in [1.29, 1.82) is 0 Å². The molecule has 2 aromatic carbocycles. The topological polar surface area (TPSA) is 83.5 Å². The van der Waals surface area contributed by atoms with Crippen LogP contribution >= 0.6 is 0 Å². The SMILES string of the molecule is CS(=O)(=O)Nc1ccc(-c2ccc(C(=O)O)c(F)c2)cc1. The third-order valence-corrected chi connectivity index (χ3v) is 3.33. The molecule has 0 aliphatic carbocycles. The zero-order chi connectivity index (χ0) is 15.6. The molecule has 0 aromatic heterocycles. The minimum Gasteiger partial charge on any atom is -0.478 e. The van der Waals surface area contributed by atoms with E-state index in [0.29, 0.717) is 16.8 Å². The zero-order valence-corrected chi connectivity index (χ0v) is 11.8. The van der Waals surface area contributed by atoms with Crippen molar-refractivity contribution in [1.82, 2.24) is 0 Å². The first-order valence-corrected chi connectivity index (χ1v) is 7.76. The number of carboxylic acid groups (broad SMARTS) is 1. The summed E-state index contributed by atoms with van der Waals surface area (Å²) in [4.78, 5) is 10.7. The van der Waals surface area contributed by atoms with E-state index in [1.165, 1.54) is 12.1 Å². The first kappa shape index (κ1) is 15.0. The van der Waals surface area contributed by atoms with Gasteiger partial charge in [0.05, 0.1) is 11.8 Å². The number of benzene rings is 2. The highest BCUT2D eigenvalue weighted by atomic mass is 32.2. The zero-order valence-electron chi connectivity index (χ0n) is 11.0. The van der Waals surface area contributed by atoms with Crippen LogP contribution in [0.2, 0.25) is 0 Å². The Morgan fingerprint density at radius 2 is 1.67 bits per heavy atom. The van der Waals surface area contributed by atoms with Gasteiger partial charge in [0.2, 0.25) is 10.0 Å². The molecule has 0 unspecified atom stereocenters. The number of halogens is 1. The van der Waals surface area contributed by atoms with Crippen molar-refractivity contribution in [3.63, 3.8) is 0 Å². The number of hydrogen-bond acceptors (Lipinski definition) is 3. The molecular weight excluding hydrogens is 297 g/mol. The van der Waals surface area contributed by atoms with Crippen molar-refractivity contribution in [2.24, 2.45) is 0 Å². The summed E-state index contributed by atoms with van der Waals surface area (Å²) in [6, 6.07) is 10.1. The third kappa shape index (κ3) is 3.79. The average Bonchev–Trinajstić information content (AvgIpc) is 2.37. The lowest BCUT2D eigenvalue weighted by Crippen LogP contribution is -2.09. The standard InChI is InChI=1S/C14H12FNO4S/c1-21(19,20)16-11-5-2-9(3-6-11)10-4-7-12(14(17)18)13(15)8-10/h2-8,16H,1H3,(H,17,18). The van der Waals surface area contributed by atoms with Gasteiger partial charge in [-0.15, -0.1) is 0 Å². The maximum atomic E-state index is 13.6. The van der Waals surface area contributed by atoms with Crippen LogP contribution in [-0.4, -0.2) is 25.7 Å². The minimum absolute atomic E-state index is 0.392. The first-order chi connectivity index (χ1) is 9.76. The fourth-order valence-corrected chi connectivity index (χ4v) is 2.38. The summed E-state index contributed by atoms with van der Waals surface area (Å²) in [7, 11) is -3.35. The van der Waals surface area contributed by atoms with E-state index < -0.39 is 27.4 Å². The van der Waals surface area contributed by atoms with Crippen molar-refractivity contribution < 1.29 is 22.7 Å². The second kappa shape index (κ2) is 5.53. The molecule has 2 N–H and O–H groups in total. The Kier molecular flexibility index (Phi) is 3.95. The van der Waals surface area contributed by atoms with E-state index in [1.807, 2.05) is 0 Å². The van der Waals surface area contributed by atoms with Crippen molar-refractivity contribution in [3.8, 4) is 11.1 Å². The molecule has 2 aromatic rings. The number of nitrogens with one attached hydrogen (secondary N) is 1. The van der Waals surface area contributed by atoms with Crippen LogP contribution < -0.4 is 4.72 Å². The monoisotopic (exact) mass is 309 g/mol. The van der Waals surface area contributed by atoms with Gasteiger partial charge in [-0.3, -0.25) is 4.72 Å². The summed E-state index contributed by atoms with van der Waals surface area (Å²) in [5, 5.41) is 8.77. The number of carbonyl (C=O) groups is 1. The van der Waals surface area contributed by atoms with E-state index in [4.69, 9.17) is 5.11 Å². The molecule has 0 radical (unpaired) electrons. The summed E-state index contributed by atoms with van der Waals surface area (Å²) in [6.45, 7) is 0. The van der Waals surface area contributed by atoms with Gasteiger partial charge in [0.25, 0.3) is 0 Å². The van der Waals surface area contributed by atoms with Gasteiger partial charge in [-0.05, 0) is 35.4 Å². The number of carboxylic acids is 1. The Balaban J connectivity index is 2.31. The van der Waals surface area contributed by atoms with Crippen LogP contribution in [0, 0.1) is 5.82 Å². The van der Waals surface area contributed by atoms with Crippen molar-refractivity contribution >= 4 is 21.7 Å². The molecule has 0 bridgehead atoms. The van der Waals surface area contributed by atoms with Gasteiger partial charge in [0, 0.05) is 5.69 Å². The molecule has 0 aliphatic rings. The van der Waals surface area contributed by atoms with Crippen LogP contribution in [0.15, 0.2) is 42.5 Å². The highest BCUT2D eigenvalue weighted by Crippen LogP contribution is 2.24. The van der Waals surface area contributed by atoms with Crippen LogP contribution in [0.1, 0.15) is 10.4 Å². The molecule has 5 nitrogen and oxygen atoms in total. The molecule has 0 heterocycles. The number of anilines is 1. The van der Waals surface area contributed by atoms with E-state index in [1.54, 1.807) is 24.3 Å². The number of sulfonamides is 1. The van der Waals surface area contributed by atoms with E-state index in [9.17, 15) is 17.6 Å². The molecule has 0 aliphatic heterocycles. The van der Waals surface area contributed by atoms with E-state index >= 15 is 0 Å². The summed E-state index contributed by atoms with van der Waals surface area (Å²) >= 11 is 0. The van der Waals surface area contributed by atoms with Crippen LogP contribution in [0.3, 0.4) is 0 Å². The van der Waals surface area contributed by atoms with E-state index in [-0.39, 0.29) is 0 Å². The molecule has 0 atom stereocenters. The lowest BCUT2D eigenvalue weighted by atomic mass is 10.0. The van der Waals surface area contributed by atoms with Crippen LogP contribution in [0.5, 0.6) is 0 Å². The summed E-state index contributed by atoms with van der Waals surface area (Å²) in [6.07, 6.45) is 1.04. The van der Waals surface area contributed by atoms with Crippen molar-refractivity contribution in [2.75, 3.05) is 11.0 Å². The number of rotatable bonds is 4. The molecule has 2 rings (SSSR count). The fraction of sp³-hybridized carbons (Fsp3) is 0.0714. The molecule has 7 heteroatoms. The van der Waals surface area contributed by atoms with E-state index in [2.05, 4.69) is 4.72 Å². The second-order valence-corrected chi connectivity index (χ2v) is 6.20. The van der Waals surface area contributed by atoms with Gasteiger partial charge in [0.15, 0.2) is 0 Å². The molecule has 0 saturated carbocycles. The van der Waals surface area contributed by atoms with E-state index in [0.717, 1.165) is 12.3 Å². The van der Waals surface area contributed by atoms with Crippen LogP contribution in [0.25, 0.3) is 11.1 Å². The summed E-state index contributed by atoms with van der Waals surface area (Å²) in [5.41, 5.74) is 1.14. The quantitative estimate of drug-likeness (QED) is 0.909. The van der Waals surface area contributed by atoms with Gasteiger partial charge < -0.3 is 5.11 Å². The Labute approximate surface area is 121 Å². The normalized spacial score (nSPS) is 11.1. The third-order valence-electron chi connectivity index (χ3n) is 2.72. The predicted octanol–water partition coefficient (Wildman–Crippen LogP) is 2.56. The maximum absolute atomic E-state index is 13.6. The Bertz CT molecular complexity index is 785. The smallest absolute Gasteiger partial charge is 0.338 e. The summed E-state index contributed by atoms with van der Waals surface area (Å²) < 4.78 is 38.1. The summed E-state index contributed by atoms with van der Waals surface area (Å²) in [5.74, 6) is -2.15. The predicted molar refractivity (Wildman–Crippen MR) is 77.3 cm³/mol.